The number of aromatic nitrogens is 1. The first-order chi connectivity index (χ1) is 16.4. The largest absolute Gasteiger partial charge is 0.465 e. The molecule has 1 N–H and O–H groups in total. The molecule has 1 aliphatic heterocycles. The van der Waals surface area contributed by atoms with Crippen molar-refractivity contribution in [3.63, 3.8) is 0 Å². The van der Waals surface area contributed by atoms with Crippen molar-refractivity contribution in [2.75, 3.05) is 25.1 Å². The molecular formula is C26H31ClFN3O3. The summed E-state index contributed by atoms with van der Waals surface area (Å²) in [5, 5.41) is 3.20. The summed E-state index contributed by atoms with van der Waals surface area (Å²) in [5.74, 6) is 0.342. The summed E-state index contributed by atoms with van der Waals surface area (Å²) < 4.78 is 17.9. The lowest BCUT2D eigenvalue weighted by molar-refractivity contribution is -0.126. The molecule has 182 valence electrons. The summed E-state index contributed by atoms with van der Waals surface area (Å²) in [5.41, 5.74) is 1.58. The molecule has 1 aromatic heterocycles. The fourth-order valence-corrected chi connectivity index (χ4v) is 5.58. The van der Waals surface area contributed by atoms with Gasteiger partial charge in [0.15, 0.2) is 0 Å². The monoisotopic (exact) mass is 487 g/mol. The van der Waals surface area contributed by atoms with Crippen LogP contribution in [0, 0.1) is 17.7 Å². The van der Waals surface area contributed by atoms with Crippen LogP contribution in [-0.4, -0.2) is 48.5 Å². The molecule has 1 aromatic carbocycles. The van der Waals surface area contributed by atoms with E-state index in [1.165, 1.54) is 19.4 Å². The molecule has 6 nitrogen and oxygen atoms in total. The van der Waals surface area contributed by atoms with E-state index in [-0.39, 0.29) is 40.9 Å². The van der Waals surface area contributed by atoms with Crippen LogP contribution in [0.2, 0.25) is 0 Å². The zero-order chi connectivity index (χ0) is 24.1. The molecule has 0 spiro atoms. The van der Waals surface area contributed by atoms with E-state index in [0.29, 0.717) is 12.0 Å². The summed E-state index contributed by atoms with van der Waals surface area (Å²) in [6.45, 7) is 1.45. The van der Waals surface area contributed by atoms with Gasteiger partial charge >= 0.3 is 5.97 Å². The second kappa shape index (κ2) is 11.2. The number of halogens is 2. The Morgan fingerprint density at radius 3 is 2.53 bits per heavy atom. The molecular weight excluding hydrogens is 457 g/mol. The van der Waals surface area contributed by atoms with E-state index in [9.17, 15) is 14.0 Å². The molecule has 2 aromatic rings. The minimum atomic E-state index is -0.354. The number of ether oxygens (including phenoxy) is 1. The van der Waals surface area contributed by atoms with E-state index >= 15 is 0 Å². The number of esters is 1. The van der Waals surface area contributed by atoms with E-state index < -0.39 is 0 Å². The summed E-state index contributed by atoms with van der Waals surface area (Å²) >= 11 is 6.83. The maximum atomic E-state index is 13.1. The van der Waals surface area contributed by atoms with Crippen molar-refractivity contribution in [1.82, 2.24) is 10.3 Å². The van der Waals surface area contributed by atoms with Crippen LogP contribution in [0.15, 0.2) is 42.6 Å². The van der Waals surface area contributed by atoms with Gasteiger partial charge in [0.25, 0.3) is 0 Å². The van der Waals surface area contributed by atoms with E-state index in [0.717, 1.165) is 56.6 Å². The number of benzene rings is 1. The second-order valence-electron chi connectivity index (χ2n) is 9.21. The highest BCUT2D eigenvalue weighted by atomic mass is 35.5. The lowest BCUT2D eigenvalue weighted by Crippen LogP contribution is -2.46. The molecule has 1 saturated heterocycles. The number of piperidine rings is 1. The van der Waals surface area contributed by atoms with Gasteiger partial charge in [0.1, 0.15) is 11.6 Å². The van der Waals surface area contributed by atoms with Gasteiger partial charge < -0.3 is 15.0 Å². The van der Waals surface area contributed by atoms with E-state index in [1.54, 1.807) is 18.2 Å². The van der Waals surface area contributed by atoms with Gasteiger partial charge in [-0.2, -0.15) is 0 Å². The molecule has 1 amide bonds. The van der Waals surface area contributed by atoms with Gasteiger partial charge in [0.05, 0.1) is 18.9 Å². The Balaban J connectivity index is 1.28. The molecule has 8 heteroatoms. The van der Waals surface area contributed by atoms with E-state index in [1.807, 2.05) is 12.1 Å². The Labute approximate surface area is 204 Å². The van der Waals surface area contributed by atoms with Crippen molar-refractivity contribution < 1.29 is 18.7 Å². The number of nitrogens with one attached hydrogen (secondary N) is 1. The Morgan fingerprint density at radius 2 is 1.88 bits per heavy atom. The third kappa shape index (κ3) is 5.87. The Bertz CT molecular complexity index is 978. The van der Waals surface area contributed by atoms with Crippen molar-refractivity contribution in [1.29, 1.82) is 0 Å². The molecule has 3 atom stereocenters. The maximum Gasteiger partial charge on any atom is 0.337 e. The summed E-state index contributed by atoms with van der Waals surface area (Å²) in [4.78, 5) is 30.9. The number of nitrogens with zero attached hydrogens (tertiary/aromatic N) is 2. The van der Waals surface area contributed by atoms with Crippen LogP contribution in [0.5, 0.6) is 0 Å². The molecule has 4 rings (SSSR count). The lowest BCUT2D eigenvalue weighted by Gasteiger charge is -2.33. The van der Waals surface area contributed by atoms with Gasteiger partial charge in [-0.05, 0) is 67.9 Å². The fourth-order valence-electron chi connectivity index (χ4n) is 5.10. The Kier molecular flexibility index (Phi) is 8.03. The molecule has 2 fully saturated rings. The topological polar surface area (TPSA) is 71.5 Å². The van der Waals surface area contributed by atoms with Gasteiger partial charge in [-0.3, -0.25) is 4.79 Å². The first-order valence-electron chi connectivity index (χ1n) is 11.9. The van der Waals surface area contributed by atoms with Crippen LogP contribution in [0.4, 0.5) is 10.2 Å². The van der Waals surface area contributed by atoms with Gasteiger partial charge in [0.2, 0.25) is 5.91 Å². The van der Waals surface area contributed by atoms with E-state index in [2.05, 4.69) is 15.2 Å². The molecule has 2 heterocycles. The number of carbonyl (C=O) groups is 2. The van der Waals surface area contributed by atoms with Crippen molar-refractivity contribution >= 4 is 29.3 Å². The normalized spacial score (nSPS) is 21.8. The first-order valence-corrected chi connectivity index (χ1v) is 12.4. The minimum Gasteiger partial charge on any atom is -0.465 e. The van der Waals surface area contributed by atoms with Crippen molar-refractivity contribution in [3.8, 4) is 0 Å². The standard InChI is InChI=1S/C26H31ClFN3O3/c1-34-26(33)19-7-5-17(6-8-19)15-22(27)21-3-2-4-23(21)30-25(32)18-11-13-31(14-12-18)24-10-9-20(28)16-29-24/h5-10,16,18,21-23H,2-4,11-15H2,1H3,(H,30,32)/t21-,22?,23?/m1/s1. The first kappa shape index (κ1) is 24.5. The molecule has 2 unspecified atom stereocenters. The maximum absolute atomic E-state index is 13.1. The number of alkyl halides is 1. The molecule has 34 heavy (non-hydrogen) atoms. The Morgan fingerprint density at radius 1 is 1.15 bits per heavy atom. The molecule has 2 aliphatic rings. The summed E-state index contributed by atoms with van der Waals surface area (Å²) in [6, 6.07) is 10.5. The van der Waals surface area contributed by atoms with Gasteiger partial charge in [-0.25, -0.2) is 14.2 Å². The number of carbonyl (C=O) groups excluding carboxylic acids is 2. The van der Waals surface area contributed by atoms with Gasteiger partial charge in [-0.1, -0.05) is 18.6 Å². The molecule has 1 aliphatic carbocycles. The zero-order valence-electron chi connectivity index (χ0n) is 19.4. The molecule has 0 radical (unpaired) electrons. The van der Waals surface area contributed by atoms with Crippen LogP contribution in [0.1, 0.15) is 48.0 Å². The van der Waals surface area contributed by atoms with Crippen molar-refractivity contribution in [2.24, 2.45) is 11.8 Å². The van der Waals surface area contributed by atoms with Crippen LogP contribution < -0.4 is 10.2 Å². The number of hydrogen-bond donors (Lipinski definition) is 1. The predicted octanol–water partition coefficient (Wildman–Crippen LogP) is 4.36. The van der Waals surface area contributed by atoms with E-state index in [4.69, 9.17) is 16.3 Å². The lowest BCUT2D eigenvalue weighted by atomic mass is 9.92. The molecule has 0 bridgehead atoms. The fraction of sp³-hybridized carbons (Fsp3) is 0.500. The summed E-state index contributed by atoms with van der Waals surface area (Å²) in [6.07, 6.45) is 6.40. The number of pyridine rings is 1. The number of amides is 1. The second-order valence-corrected chi connectivity index (χ2v) is 9.77. The average molecular weight is 488 g/mol. The SMILES string of the molecule is COC(=O)c1ccc(CC(Cl)[C@H]2CCCC2NC(=O)C2CCN(c3ccc(F)cn3)CC2)cc1. The van der Waals surface area contributed by atoms with Crippen LogP contribution >= 0.6 is 11.6 Å². The highest BCUT2D eigenvalue weighted by molar-refractivity contribution is 6.21. The number of rotatable bonds is 7. The summed E-state index contributed by atoms with van der Waals surface area (Å²) in [7, 11) is 1.37. The van der Waals surface area contributed by atoms with Crippen LogP contribution in [0.3, 0.4) is 0 Å². The highest BCUT2D eigenvalue weighted by Crippen LogP contribution is 2.33. The third-order valence-electron chi connectivity index (χ3n) is 7.07. The van der Waals surface area contributed by atoms with Crippen molar-refractivity contribution in [3.05, 3.63) is 59.5 Å². The number of methoxy groups -OCH3 is 1. The molecule has 1 saturated carbocycles. The Hall–Kier alpha value is -2.67. The smallest absolute Gasteiger partial charge is 0.337 e. The number of hydrogen-bond acceptors (Lipinski definition) is 5. The average Bonchev–Trinajstić information content (AvgIpc) is 3.33. The van der Waals surface area contributed by atoms with Crippen LogP contribution in [-0.2, 0) is 16.0 Å². The number of anilines is 1. The third-order valence-corrected chi connectivity index (χ3v) is 7.55. The highest BCUT2D eigenvalue weighted by Gasteiger charge is 2.35. The minimum absolute atomic E-state index is 0.0300. The van der Waals surface area contributed by atoms with Crippen molar-refractivity contribution in [2.45, 2.75) is 49.9 Å². The quantitative estimate of drug-likeness (QED) is 0.464. The predicted molar refractivity (Wildman–Crippen MR) is 130 cm³/mol. The zero-order valence-corrected chi connectivity index (χ0v) is 20.1. The van der Waals surface area contributed by atoms with Gasteiger partial charge in [-0.15, -0.1) is 11.6 Å². The van der Waals surface area contributed by atoms with Crippen LogP contribution in [0.25, 0.3) is 0 Å². The van der Waals surface area contributed by atoms with Gasteiger partial charge in [0, 0.05) is 30.4 Å².